The summed E-state index contributed by atoms with van der Waals surface area (Å²) in [7, 11) is 1.95. The van der Waals surface area contributed by atoms with E-state index in [1.54, 1.807) is 0 Å². The van der Waals surface area contributed by atoms with E-state index in [1.807, 2.05) is 19.4 Å². The zero-order chi connectivity index (χ0) is 9.14. The van der Waals surface area contributed by atoms with Crippen molar-refractivity contribution in [3.8, 4) is 0 Å². The Morgan fingerprint density at radius 2 is 2.08 bits per heavy atom. The van der Waals surface area contributed by atoms with Gasteiger partial charge in [0, 0.05) is 18.4 Å². The first-order valence-electron chi connectivity index (χ1n) is 4.36. The predicted molar refractivity (Wildman–Crippen MR) is 50.1 cm³/mol. The van der Waals surface area contributed by atoms with Crippen LogP contribution in [-0.2, 0) is 0 Å². The summed E-state index contributed by atoms with van der Waals surface area (Å²) in [5.41, 5.74) is 0. The molecule has 0 aliphatic rings. The van der Waals surface area contributed by atoms with E-state index in [0.717, 1.165) is 5.82 Å². The Morgan fingerprint density at radius 1 is 1.42 bits per heavy atom. The summed E-state index contributed by atoms with van der Waals surface area (Å²) in [6, 6.07) is 0.806. The number of hydrogen-bond donors (Lipinski definition) is 1. The molecule has 1 N–H and O–H groups in total. The normalized spacial score (nSPS) is 13.8. The number of imidazole rings is 1. The molecule has 0 aliphatic heterocycles. The molecule has 0 aliphatic carbocycles. The first-order valence-corrected chi connectivity index (χ1v) is 4.36. The fourth-order valence-electron chi connectivity index (χ4n) is 1.23. The molecule has 1 unspecified atom stereocenters. The molecule has 1 aromatic rings. The highest BCUT2D eigenvalue weighted by atomic mass is 15.1. The van der Waals surface area contributed by atoms with Crippen LogP contribution in [-0.4, -0.2) is 16.6 Å². The maximum absolute atomic E-state index is 4.31. The minimum absolute atomic E-state index is 0.322. The Kier molecular flexibility index (Phi) is 2.87. The van der Waals surface area contributed by atoms with Gasteiger partial charge in [0.1, 0.15) is 5.82 Å². The third kappa shape index (κ3) is 1.67. The maximum atomic E-state index is 4.31. The van der Waals surface area contributed by atoms with Crippen molar-refractivity contribution < 1.29 is 0 Å². The van der Waals surface area contributed by atoms with Crippen LogP contribution in [0.2, 0.25) is 0 Å². The van der Waals surface area contributed by atoms with E-state index < -0.39 is 0 Å². The summed E-state index contributed by atoms with van der Waals surface area (Å²) < 4.78 is 2.18. The van der Waals surface area contributed by atoms with Crippen molar-refractivity contribution in [1.82, 2.24) is 14.9 Å². The minimum atomic E-state index is 0.322. The molecule has 1 heterocycles. The molecule has 0 bridgehead atoms. The summed E-state index contributed by atoms with van der Waals surface area (Å²) in [6.07, 6.45) is 3.87. The zero-order valence-electron chi connectivity index (χ0n) is 8.20. The molecule has 0 fully saturated rings. The molecule has 0 saturated heterocycles. The number of hydrogen-bond acceptors (Lipinski definition) is 2. The van der Waals surface area contributed by atoms with E-state index in [-0.39, 0.29) is 0 Å². The topological polar surface area (TPSA) is 29.9 Å². The van der Waals surface area contributed by atoms with Crippen LogP contribution in [0.1, 0.15) is 38.7 Å². The molecule has 12 heavy (non-hydrogen) atoms. The smallest absolute Gasteiger partial charge is 0.125 e. The van der Waals surface area contributed by atoms with E-state index in [4.69, 9.17) is 0 Å². The molecular weight excluding hydrogens is 150 g/mol. The average Bonchev–Trinajstić information content (AvgIpc) is 2.50. The van der Waals surface area contributed by atoms with Gasteiger partial charge in [-0.1, -0.05) is 0 Å². The quantitative estimate of drug-likeness (QED) is 0.743. The lowest BCUT2D eigenvalue weighted by molar-refractivity contribution is 0.510. The van der Waals surface area contributed by atoms with Crippen LogP contribution in [0.5, 0.6) is 0 Å². The summed E-state index contributed by atoms with van der Waals surface area (Å²) in [5.74, 6) is 1.10. The molecule has 1 aromatic heterocycles. The lowest BCUT2D eigenvalue weighted by atomic mass is 10.3. The van der Waals surface area contributed by atoms with Gasteiger partial charge in [0.05, 0.1) is 6.04 Å². The van der Waals surface area contributed by atoms with Gasteiger partial charge in [-0.25, -0.2) is 4.98 Å². The monoisotopic (exact) mass is 167 g/mol. The Hall–Kier alpha value is -0.830. The van der Waals surface area contributed by atoms with Gasteiger partial charge in [-0.3, -0.25) is 0 Å². The Balaban J connectivity index is 2.91. The first-order chi connectivity index (χ1) is 5.66. The Bertz CT molecular complexity index is 240. The Labute approximate surface area is 73.8 Å². The molecular formula is C9H17N3. The standard InChI is InChI=1S/C9H17N3/c1-7(2)12-6-5-11-9(12)8(3)10-4/h5-8,10H,1-4H3. The van der Waals surface area contributed by atoms with E-state index in [2.05, 4.69) is 35.6 Å². The average molecular weight is 167 g/mol. The highest BCUT2D eigenvalue weighted by Gasteiger charge is 2.10. The SMILES string of the molecule is CNC(C)c1nccn1C(C)C. The maximum Gasteiger partial charge on any atom is 0.125 e. The highest BCUT2D eigenvalue weighted by Crippen LogP contribution is 2.14. The molecule has 0 amide bonds. The van der Waals surface area contributed by atoms with Gasteiger partial charge in [0.2, 0.25) is 0 Å². The van der Waals surface area contributed by atoms with Crippen molar-refractivity contribution in [2.45, 2.75) is 32.9 Å². The highest BCUT2D eigenvalue weighted by molar-refractivity contribution is 4.99. The van der Waals surface area contributed by atoms with Gasteiger partial charge in [0.15, 0.2) is 0 Å². The number of rotatable bonds is 3. The second-order valence-corrected chi connectivity index (χ2v) is 3.30. The summed E-state index contributed by atoms with van der Waals surface area (Å²) in [6.45, 7) is 6.43. The largest absolute Gasteiger partial charge is 0.331 e. The molecule has 0 spiro atoms. The molecule has 68 valence electrons. The van der Waals surface area contributed by atoms with Crippen molar-refractivity contribution in [3.63, 3.8) is 0 Å². The lowest BCUT2D eigenvalue weighted by Gasteiger charge is -2.15. The van der Waals surface area contributed by atoms with Gasteiger partial charge in [-0.15, -0.1) is 0 Å². The van der Waals surface area contributed by atoms with Gasteiger partial charge >= 0.3 is 0 Å². The number of nitrogens with zero attached hydrogens (tertiary/aromatic N) is 2. The third-order valence-corrected chi connectivity index (χ3v) is 2.08. The Morgan fingerprint density at radius 3 is 2.58 bits per heavy atom. The van der Waals surface area contributed by atoms with Gasteiger partial charge in [0.25, 0.3) is 0 Å². The molecule has 3 heteroatoms. The second kappa shape index (κ2) is 3.72. The van der Waals surface area contributed by atoms with Crippen LogP contribution >= 0.6 is 0 Å². The van der Waals surface area contributed by atoms with E-state index in [9.17, 15) is 0 Å². The van der Waals surface area contributed by atoms with Crippen LogP contribution in [0, 0.1) is 0 Å². The van der Waals surface area contributed by atoms with E-state index in [0.29, 0.717) is 12.1 Å². The fourth-order valence-corrected chi connectivity index (χ4v) is 1.23. The van der Waals surface area contributed by atoms with Crippen LogP contribution in [0.4, 0.5) is 0 Å². The van der Waals surface area contributed by atoms with Gasteiger partial charge in [-0.05, 0) is 27.8 Å². The van der Waals surface area contributed by atoms with E-state index >= 15 is 0 Å². The third-order valence-electron chi connectivity index (χ3n) is 2.08. The fraction of sp³-hybridized carbons (Fsp3) is 0.667. The van der Waals surface area contributed by atoms with Crippen LogP contribution < -0.4 is 5.32 Å². The number of nitrogens with one attached hydrogen (secondary N) is 1. The minimum Gasteiger partial charge on any atom is -0.331 e. The van der Waals surface area contributed by atoms with E-state index in [1.165, 1.54) is 0 Å². The summed E-state index contributed by atoms with van der Waals surface area (Å²) >= 11 is 0. The van der Waals surface area contributed by atoms with Gasteiger partial charge < -0.3 is 9.88 Å². The number of aromatic nitrogens is 2. The lowest BCUT2D eigenvalue weighted by Crippen LogP contribution is -2.18. The first kappa shape index (κ1) is 9.26. The molecule has 3 nitrogen and oxygen atoms in total. The van der Waals surface area contributed by atoms with Crippen LogP contribution in [0.3, 0.4) is 0 Å². The van der Waals surface area contributed by atoms with Crippen LogP contribution in [0.25, 0.3) is 0 Å². The predicted octanol–water partition coefficient (Wildman–Crippen LogP) is 1.74. The molecule has 0 saturated carbocycles. The molecule has 0 aromatic carbocycles. The second-order valence-electron chi connectivity index (χ2n) is 3.30. The van der Waals surface area contributed by atoms with Crippen molar-refractivity contribution in [2.75, 3.05) is 7.05 Å². The zero-order valence-corrected chi connectivity index (χ0v) is 8.20. The van der Waals surface area contributed by atoms with Gasteiger partial charge in [-0.2, -0.15) is 0 Å². The van der Waals surface area contributed by atoms with Crippen molar-refractivity contribution in [2.24, 2.45) is 0 Å². The molecule has 1 atom stereocenters. The summed E-state index contributed by atoms with van der Waals surface area (Å²) in [5, 5.41) is 3.18. The van der Waals surface area contributed by atoms with Crippen molar-refractivity contribution in [1.29, 1.82) is 0 Å². The summed E-state index contributed by atoms with van der Waals surface area (Å²) in [4.78, 5) is 4.31. The molecule has 1 rings (SSSR count). The van der Waals surface area contributed by atoms with Crippen molar-refractivity contribution >= 4 is 0 Å². The van der Waals surface area contributed by atoms with Crippen molar-refractivity contribution in [3.05, 3.63) is 18.2 Å². The molecule has 0 radical (unpaired) electrons. The van der Waals surface area contributed by atoms with Crippen LogP contribution in [0.15, 0.2) is 12.4 Å².